The van der Waals surface area contributed by atoms with Crippen LogP contribution in [0.2, 0.25) is 0 Å². The van der Waals surface area contributed by atoms with Crippen molar-refractivity contribution in [3.8, 4) is 11.4 Å². The van der Waals surface area contributed by atoms with Crippen LogP contribution >= 0.6 is 0 Å². The zero-order valence-corrected chi connectivity index (χ0v) is 24.4. The number of para-hydroxylation sites is 1. The van der Waals surface area contributed by atoms with Gasteiger partial charge in [-0.1, -0.05) is 31.5 Å². The zero-order valence-electron chi connectivity index (χ0n) is 23.6. The van der Waals surface area contributed by atoms with Crippen LogP contribution in [0, 0.1) is 12.8 Å². The van der Waals surface area contributed by atoms with Crippen molar-refractivity contribution in [3.05, 3.63) is 54.2 Å². The summed E-state index contributed by atoms with van der Waals surface area (Å²) in [5.41, 5.74) is 8.11. The van der Waals surface area contributed by atoms with E-state index in [4.69, 9.17) is 15.2 Å². The third kappa shape index (κ3) is 7.22. The first-order valence-corrected chi connectivity index (χ1v) is 15.1. The van der Waals surface area contributed by atoms with Crippen molar-refractivity contribution in [1.29, 1.82) is 0 Å². The van der Waals surface area contributed by atoms with Crippen molar-refractivity contribution in [2.45, 2.75) is 44.4 Å². The first-order chi connectivity index (χ1) is 19.7. The Kier molecular flexibility index (Phi) is 9.95. The van der Waals surface area contributed by atoms with Crippen LogP contribution in [0.1, 0.15) is 38.3 Å². The lowest BCUT2D eigenvalue weighted by Crippen LogP contribution is -2.41. The molecule has 1 amide bonds. The van der Waals surface area contributed by atoms with Crippen LogP contribution in [0.3, 0.4) is 0 Å². The van der Waals surface area contributed by atoms with Gasteiger partial charge in [0.05, 0.1) is 25.1 Å². The topological polar surface area (TPSA) is 154 Å². The normalized spacial score (nSPS) is 16.1. The fourth-order valence-corrected chi connectivity index (χ4v) is 6.24. The molecule has 1 saturated heterocycles. The molecule has 220 valence electrons. The third-order valence-electron chi connectivity index (χ3n) is 6.84. The number of nitrogens with one attached hydrogen (secondary N) is 1. The largest absolute Gasteiger partial charge is 0.497 e. The van der Waals surface area contributed by atoms with E-state index in [1.165, 1.54) is 23.5 Å². The fraction of sp³-hybridized carbons (Fsp3) is 0.429. The van der Waals surface area contributed by atoms with Gasteiger partial charge >= 0.3 is 6.09 Å². The maximum Gasteiger partial charge on any atom is 0.407 e. The summed E-state index contributed by atoms with van der Waals surface area (Å²) in [5, 5.41) is 15.8. The SMILES string of the molecule is CCCCNC(=O)OCC1CCCN(S(=O)(=O)c2ccc(OC)cc2/N=N/c2c(C)nn(-c3ccccc3)c2N)C1. The van der Waals surface area contributed by atoms with Crippen LogP contribution < -0.4 is 15.8 Å². The van der Waals surface area contributed by atoms with Gasteiger partial charge in [0.25, 0.3) is 0 Å². The second-order valence-corrected chi connectivity index (χ2v) is 11.8. The molecule has 2 heterocycles. The summed E-state index contributed by atoms with van der Waals surface area (Å²) in [7, 11) is -2.46. The first-order valence-electron chi connectivity index (χ1n) is 13.7. The Balaban J connectivity index is 1.56. The highest BCUT2D eigenvalue weighted by Crippen LogP contribution is 2.36. The lowest BCUT2D eigenvalue weighted by molar-refractivity contribution is 0.109. The number of sulfonamides is 1. The Bertz CT molecular complexity index is 1470. The second kappa shape index (κ2) is 13.6. The number of piperidine rings is 1. The van der Waals surface area contributed by atoms with Crippen molar-refractivity contribution < 1.29 is 22.7 Å². The van der Waals surface area contributed by atoms with Gasteiger partial charge in [-0.3, -0.25) is 0 Å². The molecule has 0 bridgehead atoms. The fourth-order valence-electron chi connectivity index (χ4n) is 4.58. The Hall–Kier alpha value is -3.97. The Morgan fingerprint density at radius 3 is 2.71 bits per heavy atom. The number of rotatable bonds is 11. The number of hydrogen-bond donors (Lipinski definition) is 2. The minimum Gasteiger partial charge on any atom is -0.497 e. The number of nitrogens with two attached hydrogens (primary N) is 1. The number of hydrogen-bond acceptors (Lipinski definition) is 9. The van der Waals surface area contributed by atoms with Crippen LogP contribution in [-0.4, -0.2) is 61.9 Å². The molecule has 1 atom stereocenters. The number of azo groups is 1. The summed E-state index contributed by atoms with van der Waals surface area (Å²) in [5.74, 6) is 0.592. The number of benzene rings is 2. The van der Waals surface area contributed by atoms with Gasteiger partial charge in [0.15, 0.2) is 11.5 Å². The van der Waals surface area contributed by atoms with Gasteiger partial charge < -0.3 is 20.5 Å². The van der Waals surface area contributed by atoms with Crippen LogP contribution in [0.25, 0.3) is 5.69 Å². The average Bonchev–Trinajstić information content (AvgIpc) is 3.28. The molecule has 0 saturated carbocycles. The van der Waals surface area contributed by atoms with Crippen molar-refractivity contribution in [3.63, 3.8) is 0 Å². The number of methoxy groups -OCH3 is 1. The van der Waals surface area contributed by atoms with Gasteiger partial charge in [0, 0.05) is 31.6 Å². The molecule has 3 N–H and O–H groups in total. The predicted octanol–water partition coefficient (Wildman–Crippen LogP) is 5.11. The van der Waals surface area contributed by atoms with Crippen LogP contribution in [0.5, 0.6) is 5.75 Å². The number of aryl methyl sites for hydroxylation is 1. The van der Waals surface area contributed by atoms with E-state index in [9.17, 15) is 13.2 Å². The molecule has 1 aromatic heterocycles. The summed E-state index contributed by atoms with van der Waals surface area (Å²) in [6.07, 6.45) is 2.75. The predicted molar refractivity (Wildman–Crippen MR) is 156 cm³/mol. The van der Waals surface area contributed by atoms with Gasteiger partial charge in [0.2, 0.25) is 10.0 Å². The highest BCUT2D eigenvalue weighted by atomic mass is 32.2. The Morgan fingerprint density at radius 2 is 1.98 bits per heavy atom. The molecule has 1 aliphatic heterocycles. The highest BCUT2D eigenvalue weighted by Gasteiger charge is 2.33. The maximum absolute atomic E-state index is 13.8. The molecule has 12 nitrogen and oxygen atoms in total. The number of amides is 1. The molecule has 2 aromatic carbocycles. The molecular weight excluding hydrogens is 546 g/mol. The Morgan fingerprint density at radius 1 is 1.20 bits per heavy atom. The zero-order chi connectivity index (χ0) is 29.4. The van der Waals surface area contributed by atoms with Crippen LogP contribution in [0.4, 0.5) is 22.0 Å². The molecule has 0 spiro atoms. The second-order valence-electron chi connectivity index (χ2n) is 9.85. The van der Waals surface area contributed by atoms with E-state index in [0.717, 1.165) is 24.9 Å². The van der Waals surface area contributed by atoms with Crippen LogP contribution in [-0.2, 0) is 14.8 Å². The maximum atomic E-state index is 13.8. The number of carbonyl (C=O) groups is 1. The summed E-state index contributed by atoms with van der Waals surface area (Å²) in [6, 6.07) is 13.9. The number of aromatic nitrogens is 2. The lowest BCUT2D eigenvalue weighted by atomic mass is 10.0. The number of ether oxygens (including phenoxy) is 2. The highest BCUT2D eigenvalue weighted by molar-refractivity contribution is 7.89. The molecule has 1 fully saturated rings. The molecule has 13 heteroatoms. The van der Waals surface area contributed by atoms with Gasteiger partial charge in [-0.25, -0.2) is 17.9 Å². The van der Waals surface area contributed by atoms with E-state index in [-0.39, 0.29) is 35.5 Å². The Labute approximate surface area is 240 Å². The van der Waals surface area contributed by atoms with Gasteiger partial charge in [-0.05, 0) is 50.5 Å². The molecule has 1 unspecified atom stereocenters. The van der Waals surface area contributed by atoms with Gasteiger partial charge in [-0.2, -0.15) is 9.40 Å². The first kappa shape index (κ1) is 30.0. The molecular formula is C28H37N7O5S. The molecule has 1 aliphatic rings. The van der Waals surface area contributed by atoms with E-state index in [1.54, 1.807) is 17.7 Å². The number of nitrogen functional groups attached to an aromatic ring is 1. The van der Waals surface area contributed by atoms with E-state index in [2.05, 4.69) is 20.6 Å². The minimum absolute atomic E-state index is 0.00685. The van der Waals surface area contributed by atoms with E-state index >= 15 is 0 Å². The smallest absolute Gasteiger partial charge is 0.407 e. The summed E-state index contributed by atoms with van der Waals surface area (Å²) < 4.78 is 41.3. The molecule has 3 aromatic rings. The quantitative estimate of drug-likeness (QED) is 0.235. The molecule has 0 radical (unpaired) electrons. The number of carbonyl (C=O) groups excluding carboxylic acids is 1. The number of unbranched alkanes of at least 4 members (excludes halogenated alkanes) is 1. The van der Waals surface area contributed by atoms with Crippen molar-refractivity contribution in [2.75, 3.05) is 39.1 Å². The van der Waals surface area contributed by atoms with Crippen molar-refractivity contribution in [1.82, 2.24) is 19.4 Å². The summed E-state index contributed by atoms with van der Waals surface area (Å²) in [4.78, 5) is 12.0. The average molecular weight is 584 g/mol. The van der Waals surface area contributed by atoms with Crippen molar-refractivity contribution >= 4 is 33.3 Å². The minimum atomic E-state index is -3.95. The third-order valence-corrected chi connectivity index (χ3v) is 8.75. The lowest BCUT2D eigenvalue weighted by Gasteiger charge is -2.31. The van der Waals surface area contributed by atoms with Crippen molar-refractivity contribution in [2.24, 2.45) is 16.1 Å². The summed E-state index contributed by atoms with van der Waals surface area (Å²) in [6.45, 7) is 5.06. The molecule has 41 heavy (non-hydrogen) atoms. The van der Waals surface area contributed by atoms with E-state index in [1.807, 2.05) is 37.3 Å². The number of anilines is 1. The van der Waals surface area contributed by atoms with E-state index < -0.39 is 16.1 Å². The molecule has 0 aliphatic carbocycles. The number of alkyl carbamates (subject to hydrolysis) is 1. The van der Waals surface area contributed by atoms with E-state index in [0.29, 0.717) is 36.6 Å². The number of nitrogens with zero attached hydrogens (tertiary/aromatic N) is 5. The summed E-state index contributed by atoms with van der Waals surface area (Å²) >= 11 is 0. The monoisotopic (exact) mass is 583 g/mol. The van der Waals surface area contributed by atoms with Gasteiger partial charge in [0.1, 0.15) is 16.3 Å². The molecule has 4 rings (SSSR count). The van der Waals surface area contributed by atoms with Crippen LogP contribution in [0.15, 0.2) is 63.7 Å². The standard InChI is InChI=1S/C28H37N7O5S/c1-4-5-15-30-28(36)40-19-21-10-9-16-34(18-21)41(37,38)25-14-13-23(39-3)17-24(25)31-32-26-20(2)33-35(27(26)29)22-11-7-6-8-12-22/h6-8,11-14,17,21H,4-5,9-10,15-16,18-19,29H2,1-3H3,(H,30,36)/b32-31+. The van der Waals surface area contributed by atoms with Gasteiger partial charge in [-0.15, -0.1) is 10.2 Å².